The third-order valence-electron chi connectivity index (χ3n) is 3.39. The fraction of sp³-hybridized carbons (Fsp3) is 0.583. The smallest absolute Gasteiger partial charge is 0.323 e. The summed E-state index contributed by atoms with van der Waals surface area (Å²) < 4.78 is 0. The van der Waals surface area contributed by atoms with Crippen LogP contribution in [-0.2, 0) is 4.79 Å². The van der Waals surface area contributed by atoms with Crippen LogP contribution in [0.2, 0.25) is 0 Å². The number of carbonyl (C=O) groups is 1. The van der Waals surface area contributed by atoms with Crippen molar-refractivity contribution in [2.45, 2.75) is 42.1 Å². The molecule has 1 fully saturated rings. The van der Waals surface area contributed by atoms with E-state index in [0.717, 1.165) is 17.1 Å². The van der Waals surface area contributed by atoms with Crippen LogP contribution < -0.4 is 5.32 Å². The molecule has 1 aromatic rings. The van der Waals surface area contributed by atoms with E-state index in [1.807, 2.05) is 6.92 Å². The van der Waals surface area contributed by atoms with Gasteiger partial charge in [-0.2, -0.15) is 0 Å². The van der Waals surface area contributed by atoms with Crippen molar-refractivity contribution < 1.29 is 9.90 Å². The number of hydrogen-bond donors (Lipinski definition) is 2. The molecule has 0 aromatic carbocycles. The molecule has 98 valence electrons. The second kappa shape index (κ2) is 5.24. The van der Waals surface area contributed by atoms with E-state index in [0.29, 0.717) is 12.8 Å². The number of aryl methyl sites for hydroxylation is 1. The second-order valence-electron chi connectivity index (χ2n) is 4.66. The molecule has 1 aromatic heterocycles. The first-order valence-corrected chi connectivity index (χ1v) is 6.81. The third-order valence-corrected chi connectivity index (χ3v) is 4.54. The minimum atomic E-state index is -0.775. The number of likely N-dealkylation sites (N-methyl/N-ethyl adjacent to an activating group) is 1. The summed E-state index contributed by atoms with van der Waals surface area (Å²) in [6.07, 6.45) is 5.71. The molecular weight excluding hydrogens is 250 g/mol. The molecule has 1 aliphatic carbocycles. The lowest BCUT2D eigenvalue weighted by Crippen LogP contribution is -2.48. The molecule has 0 saturated heterocycles. The Hall–Kier alpha value is -1.14. The zero-order valence-corrected chi connectivity index (χ0v) is 11.3. The van der Waals surface area contributed by atoms with Gasteiger partial charge in [0, 0.05) is 17.6 Å². The van der Waals surface area contributed by atoms with E-state index in [-0.39, 0.29) is 5.25 Å². The monoisotopic (exact) mass is 267 g/mol. The molecule has 2 rings (SSSR count). The van der Waals surface area contributed by atoms with Crippen LogP contribution in [0.25, 0.3) is 0 Å². The number of aromatic nitrogens is 2. The maximum absolute atomic E-state index is 11.3. The van der Waals surface area contributed by atoms with E-state index >= 15 is 0 Å². The Morgan fingerprint density at radius 1 is 1.56 bits per heavy atom. The van der Waals surface area contributed by atoms with Gasteiger partial charge in [0.2, 0.25) is 0 Å². The molecule has 2 unspecified atom stereocenters. The first-order valence-electron chi connectivity index (χ1n) is 5.93. The molecule has 0 aliphatic heterocycles. The SMILES string of the molecule is CNC1(C(=O)O)CCC(Sc2ncc(C)cn2)C1. The number of carboxylic acid groups (broad SMARTS) is 1. The zero-order chi connectivity index (χ0) is 13.2. The molecule has 1 aliphatic rings. The van der Waals surface area contributed by atoms with E-state index in [4.69, 9.17) is 0 Å². The van der Waals surface area contributed by atoms with Crippen LogP contribution in [0.3, 0.4) is 0 Å². The highest BCUT2D eigenvalue weighted by atomic mass is 32.2. The van der Waals surface area contributed by atoms with Crippen LogP contribution in [0.5, 0.6) is 0 Å². The van der Waals surface area contributed by atoms with Gasteiger partial charge in [-0.05, 0) is 38.8 Å². The van der Waals surface area contributed by atoms with Crippen molar-refractivity contribution in [2.24, 2.45) is 0 Å². The lowest BCUT2D eigenvalue weighted by atomic mass is 9.99. The second-order valence-corrected chi connectivity index (χ2v) is 5.93. The van der Waals surface area contributed by atoms with E-state index in [2.05, 4.69) is 15.3 Å². The summed E-state index contributed by atoms with van der Waals surface area (Å²) in [6.45, 7) is 1.94. The van der Waals surface area contributed by atoms with Crippen molar-refractivity contribution in [1.29, 1.82) is 0 Å². The summed E-state index contributed by atoms with van der Waals surface area (Å²) in [6, 6.07) is 0. The van der Waals surface area contributed by atoms with Crippen molar-refractivity contribution in [3.8, 4) is 0 Å². The highest BCUT2D eigenvalue weighted by Gasteiger charge is 2.44. The quantitative estimate of drug-likeness (QED) is 0.805. The van der Waals surface area contributed by atoms with Crippen LogP contribution in [-0.4, -0.2) is 38.9 Å². The van der Waals surface area contributed by atoms with Crippen LogP contribution in [0.4, 0.5) is 0 Å². The van der Waals surface area contributed by atoms with E-state index < -0.39 is 11.5 Å². The van der Waals surface area contributed by atoms with Crippen molar-refractivity contribution in [3.63, 3.8) is 0 Å². The van der Waals surface area contributed by atoms with Gasteiger partial charge in [-0.15, -0.1) is 0 Å². The van der Waals surface area contributed by atoms with Gasteiger partial charge in [-0.25, -0.2) is 9.97 Å². The normalized spacial score (nSPS) is 27.3. The molecule has 1 heterocycles. The maximum atomic E-state index is 11.3. The van der Waals surface area contributed by atoms with E-state index in [9.17, 15) is 9.90 Å². The van der Waals surface area contributed by atoms with Gasteiger partial charge in [0.15, 0.2) is 5.16 Å². The van der Waals surface area contributed by atoms with E-state index in [1.165, 1.54) is 0 Å². The Morgan fingerprint density at radius 2 is 2.22 bits per heavy atom. The maximum Gasteiger partial charge on any atom is 0.323 e. The Labute approximate surface area is 110 Å². The number of nitrogens with one attached hydrogen (secondary N) is 1. The number of aliphatic carboxylic acids is 1. The summed E-state index contributed by atoms with van der Waals surface area (Å²) in [4.78, 5) is 19.8. The highest BCUT2D eigenvalue weighted by molar-refractivity contribution is 7.99. The van der Waals surface area contributed by atoms with Crippen molar-refractivity contribution in [2.75, 3.05) is 7.05 Å². The molecule has 0 spiro atoms. The molecule has 0 radical (unpaired) electrons. The Balaban J connectivity index is 2.01. The van der Waals surface area contributed by atoms with Crippen LogP contribution in [0.1, 0.15) is 24.8 Å². The van der Waals surface area contributed by atoms with Gasteiger partial charge in [0.1, 0.15) is 5.54 Å². The third kappa shape index (κ3) is 2.64. The molecule has 1 saturated carbocycles. The number of thioether (sulfide) groups is 1. The molecule has 5 nitrogen and oxygen atoms in total. The molecule has 18 heavy (non-hydrogen) atoms. The van der Waals surface area contributed by atoms with E-state index in [1.54, 1.807) is 31.2 Å². The molecule has 6 heteroatoms. The topological polar surface area (TPSA) is 75.1 Å². The van der Waals surface area contributed by atoms with Gasteiger partial charge in [0.25, 0.3) is 0 Å². The summed E-state index contributed by atoms with van der Waals surface area (Å²) in [5, 5.41) is 13.2. The number of carboxylic acids is 1. The largest absolute Gasteiger partial charge is 0.480 e. The number of nitrogens with zero attached hydrogens (tertiary/aromatic N) is 2. The summed E-state index contributed by atoms with van der Waals surface area (Å²) in [7, 11) is 1.71. The van der Waals surface area contributed by atoms with Gasteiger partial charge in [0.05, 0.1) is 0 Å². The molecule has 2 atom stereocenters. The van der Waals surface area contributed by atoms with Gasteiger partial charge >= 0.3 is 5.97 Å². The molecule has 2 N–H and O–H groups in total. The summed E-state index contributed by atoms with van der Waals surface area (Å²) in [5.41, 5.74) is 0.253. The number of rotatable bonds is 4. The van der Waals surface area contributed by atoms with Crippen molar-refractivity contribution >= 4 is 17.7 Å². The van der Waals surface area contributed by atoms with Gasteiger partial charge < -0.3 is 10.4 Å². The minimum Gasteiger partial charge on any atom is -0.480 e. The van der Waals surface area contributed by atoms with Crippen LogP contribution in [0, 0.1) is 6.92 Å². The highest BCUT2D eigenvalue weighted by Crippen LogP contribution is 2.39. The van der Waals surface area contributed by atoms with Crippen molar-refractivity contribution in [1.82, 2.24) is 15.3 Å². The predicted molar refractivity (Wildman–Crippen MR) is 69.7 cm³/mol. The van der Waals surface area contributed by atoms with Crippen LogP contribution in [0.15, 0.2) is 17.6 Å². The molecule has 0 bridgehead atoms. The van der Waals surface area contributed by atoms with Gasteiger partial charge in [-0.1, -0.05) is 11.8 Å². The first kappa shape index (κ1) is 13.3. The fourth-order valence-corrected chi connectivity index (χ4v) is 3.35. The fourth-order valence-electron chi connectivity index (χ4n) is 2.22. The first-order chi connectivity index (χ1) is 8.55. The Bertz CT molecular complexity index is 437. The number of hydrogen-bond acceptors (Lipinski definition) is 5. The van der Waals surface area contributed by atoms with Gasteiger partial charge in [-0.3, -0.25) is 4.79 Å². The predicted octanol–water partition coefficient (Wildman–Crippen LogP) is 1.47. The Morgan fingerprint density at radius 3 is 2.72 bits per heavy atom. The lowest BCUT2D eigenvalue weighted by molar-refractivity contribution is -0.144. The summed E-state index contributed by atoms with van der Waals surface area (Å²) >= 11 is 1.57. The van der Waals surface area contributed by atoms with Crippen molar-refractivity contribution in [3.05, 3.63) is 18.0 Å². The Kier molecular flexibility index (Phi) is 3.87. The van der Waals surface area contributed by atoms with Crippen LogP contribution >= 0.6 is 11.8 Å². The molecule has 0 amide bonds. The molecular formula is C12H17N3O2S. The average molecular weight is 267 g/mol. The summed E-state index contributed by atoms with van der Waals surface area (Å²) in [5.74, 6) is -0.766. The zero-order valence-electron chi connectivity index (χ0n) is 10.5. The standard InChI is InChI=1S/C12H17N3O2S/c1-8-6-14-11(15-7-8)18-9-3-4-12(5-9,13-2)10(16)17/h6-7,9,13H,3-5H2,1-2H3,(H,16,17). The average Bonchev–Trinajstić information content (AvgIpc) is 2.77. The minimum absolute atomic E-state index is 0.260. The lowest BCUT2D eigenvalue weighted by Gasteiger charge is -2.23.